The topological polar surface area (TPSA) is 42.0 Å². The quantitative estimate of drug-likeness (QED) is 0.551. The minimum Gasteiger partial charge on any atom is -0.302 e. The number of anilines is 1. The van der Waals surface area contributed by atoms with Crippen LogP contribution in [0.3, 0.4) is 0 Å². The molecule has 25 heavy (non-hydrogen) atoms. The fourth-order valence-electron chi connectivity index (χ4n) is 3.21. The number of fused-ring (bicyclic) bond motifs is 2. The first-order valence-electron chi connectivity index (χ1n) is 8.24. The first-order valence-corrected chi connectivity index (χ1v) is 9.06. The first-order chi connectivity index (χ1) is 12.1. The van der Waals surface area contributed by atoms with E-state index in [1.807, 2.05) is 24.3 Å². The van der Waals surface area contributed by atoms with Crippen LogP contribution in [0.25, 0.3) is 21.0 Å². The molecule has 0 atom stereocenters. The molecule has 0 spiro atoms. The average Bonchev–Trinajstić information content (AvgIpc) is 2.97. The number of nitrogens with one attached hydrogen (secondary N) is 1. The van der Waals surface area contributed by atoms with Gasteiger partial charge in [0.25, 0.3) is 0 Å². The number of carbonyl (C=O) groups is 1. The van der Waals surface area contributed by atoms with Gasteiger partial charge in [-0.1, -0.05) is 59.9 Å². The highest BCUT2D eigenvalue weighted by atomic mass is 32.1. The third-order valence-corrected chi connectivity index (χ3v) is 5.22. The molecule has 4 heteroatoms. The summed E-state index contributed by atoms with van der Waals surface area (Å²) in [5.41, 5.74) is 4.35. The number of benzene rings is 3. The van der Waals surface area contributed by atoms with Crippen LogP contribution in [-0.2, 0) is 11.2 Å². The summed E-state index contributed by atoms with van der Waals surface area (Å²) >= 11 is 1.53. The van der Waals surface area contributed by atoms with Crippen LogP contribution in [0.5, 0.6) is 0 Å². The number of rotatable bonds is 3. The van der Waals surface area contributed by atoms with Gasteiger partial charge in [-0.15, -0.1) is 0 Å². The lowest BCUT2D eigenvalue weighted by Gasteiger charge is -2.06. The maximum atomic E-state index is 12.5. The Bertz CT molecular complexity index is 1090. The monoisotopic (exact) mass is 346 g/mol. The SMILES string of the molecule is Cc1cc(C)c2nc(NC(=O)Cc3cccc4ccccc34)sc2c1. The summed E-state index contributed by atoms with van der Waals surface area (Å²) in [5, 5.41) is 5.89. The van der Waals surface area contributed by atoms with Gasteiger partial charge in [0, 0.05) is 0 Å². The van der Waals surface area contributed by atoms with Crippen molar-refractivity contribution in [2.24, 2.45) is 0 Å². The standard InChI is InChI=1S/C21H18N2OS/c1-13-10-14(2)20-18(11-13)25-21(23-20)22-19(24)12-16-8-5-7-15-6-3-4-9-17(15)16/h3-11H,12H2,1-2H3,(H,22,23,24). The molecule has 0 bridgehead atoms. The molecule has 1 heterocycles. The molecule has 3 nitrogen and oxygen atoms in total. The van der Waals surface area contributed by atoms with Crippen LogP contribution < -0.4 is 5.32 Å². The predicted molar refractivity (Wildman–Crippen MR) is 105 cm³/mol. The molecule has 0 saturated carbocycles. The Hall–Kier alpha value is -2.72. The van der Waals surface area contributed by atoms with E-state index in [-0.39, 0.29) is 5.91 Å². The lowest BCUT2D eigenvalue weighted by atomic mass is 10.0. The van der Waals surface area contributed by atoms with Crippen LogP contribution in [-0.4, -0.2) is 10.9 Å². The maximum Gasteiger partial charge on any atom is 0.230 e. The van der Waals surface area contributed by atoms with Gasteiger partial charge in [0.05, 0.1) is 16.6 Å². The second-order valence-corrected chi connectivity index (χ2v) is 7.34. The normalized spacial score (nSPS) is 11.1. The molecule has 0 aliphatic heterocycles. The minimum absolute atomic E-state index is 0.0372. The van der Waals surface area contributed by atoms with E-state index in [0.29, 0.717) is 11.6 Å². The summed E-state index contributed by atoms with van der Waals surface area (Å²) in [6.07, 6.45) is 0.343. The molecule has 0 aliphatic carbocycles. The Morgan fingerprint density at radius 1 is 1.08 bits per heavy atom. The number of thiazole rings is 1. The second-order valence-electron chi connectivity index (χ2n) is 6.31. The Kier molecular flexibility index (Phi) is 3.98. The minimum atomic E-state index is -0.0372. The number of aryl methyl sites for hydroxylation is 2. The smallest absolute Gasteiger partial charge is 0.230 e. The third-order valence-electron chi connectivity index (χ3n) is 4.31. The lowest BCUT2D eigenvalue weighted by molar-refractivity contribution is -0.115. The van der Waals surface area contributed by atoms with E-state index in [1.165, 1.54) is 16.9 Å². The van der Waals surface area contributed by atoms with Gasteiger partial charge in [-0.2, -0.15) is 0 Å². The number of hydrogen-bond acceptors (Lipinski definition) is 3. The van der Waals surface area contributed by atoms with Gasteiger partial charge in [0.15, 0.2) is 5.13 Å². The highest BCUT2D eigenvalue weighted by Crippen LogP contribution is 2.29. The van der Waals surface area contributed by atoms with E-state index >= 15 is 0 Å². The Morgan fingerprint density at radius 3 is 2.76 bits per heavy atom. The Morgan fingerprint density at radius 2 is 1.88 bits per heavy atom. The van der Waals surface area contributed by atoms with Crippen LogP contribution in [0.4, 0.5) is 5.13 Å². The fraction of sp³-hybridized carbons (Fsp3) is 0.143. The summed E-state index contributed by atoms with van der Waals surface area (Å²) in [6.45, 7) is 4.13. The van der Waals surface area contributed by atoms with Crippen molar-refractivity contribution >= 4 is 43.4 Å². The summed E-state index contributed by atoms with van der Waals surface area (Å²) < 4.78 is 1.11. The molecule has 0 aliphatic rings. The number of hydrogen-bond donors (Lipinski definition) is 1. The van der Waals surface area contributed by atoms with Gasteiger partial charge in [0.2, 0.25) is 5.91 Å². The molecule has 0 radical (unpaired) electrons. The van der Waals surface area contributed by atoms with Crippen molar-refractivity contribution in [1.29, 1.82) is 0 Å². The van der Waals surface area contributed by atoms with Crippen LogP contribution >= 0.6 is 11.3 Å². The predicted octanol–water partition coefficient (Wildman–Crippen LogP) is 5.25. The van der Waals surface area contributed by atoms with Gasteiger partial charge < -0.3 is 5.32 Å². The largest absolute Gasteiger partial charge is 0.302 e. The molecule has 124 valence electrons. The van der Waals surface area contributed by atoms with Gasteiger partial charge >= 0.3 is 0 Å². The fourth-order valence-corrected chi connectivity index (χ4v) is 4.27. The van der Waals surface area contributed by atoms with E-state index in [2.05, 4.69) is 54.5 Å². The molecule has 4 aromatic rings. The molecule has 0 unspecified atom stereocenters. The van der Waals surface area contributed by atoms with Crippen LogP contribution in [0, 0.1) is 13.8 Å². The van der Waals surface area contributed by atoms with E-state index in [4.69, 9.17) is 0 Å². The number of carbonyl (C=O) groups excluding carboxylic acids is 1. The molecular formula is C21H18N2OS. The summed E-state index contributed by atoms with van der Waals surface area (Å²) in [4.78, 5) is 17.1. The third kappa shape index (κ3) is 3.13. The zero-order valence-electron chi connectivity index (χ0n) is 14.2. The Balaban J connectivity index is 1.59. The molecule has 0 saturated heterocycles. The van der Waals surface area contributed by atoms with Crippen molar-refractivity contribution in [3.05, 3.63) is 71.3 Å². The molecule has 1 aromatic heterocycles. The van der Waals surface area contributed by atoms with Crippen molar-refractivity contribution in [3.63, 3.8) is 0 Å². The first kappa shape index (κ1) is 15.8. The number of amides is 1. The molecular weight excluding hydrogens is 328 g/mol. The van der Waals surface area contributed by atoms with Crippen molar-refractivity contribution < 1.29 is 4.79 Å². The average molecular weight is 346 g/mol. The molecule has 1 amide bonds. The highest BCUT2D eigenvalue weighted by molar-refractivity contribution is 7.22. The number of nitrogens with zero attached hydrogens (tertiary/aromatic N) is 1. The Labute approximate surface area is 150 Å². The number of aromatic nitrogens is 1. The van der Waals surface area contributed by atoms with Crippen LogP contribution in [0.15, 0.2) is 54.6 Å². The van der Waals surface area contributed by atoms with Crippen LogP contribution in [0.2, 0.25) is 0 Å². The van der Waals surface area contributed by atoms with Crippen molar-refractivity contribution in [1.82, 2.24) is 4.98 Å². The van der Waals surface area contributed by atoms with Gasteiger partial charge in [0.1, 0.15) is 0 Å². The second kappa shape index (κ2) is 6.30. The molecule has 3 aromatic carbocycles. The molecule has 1 N–H and O–H groups in total. The van der Waals surface area contributed by atoms with Gasteiger partial charge in [-0.05, 0) is 47.4 Å². The van der Waals surface area contributed by atoms with Crippen molar-refractivity contribution in [2.75, 3.05) is 5.32 Å². The highest BCUT2D eigenvalue weighted by Gasteiger charge is 2.11. The summed E-state index contributed by atoms with van der Waals surface area (Å²) in [5.74, 6) is -0.0372. The van der Waals surface area contributed by atoms with Gasteiger partial charge in [-0.25, -0.2) is 4.98 Å². The maximum absolute atomic E-state index is 12.5. The zero-order chi connectivity index (χ0) is 17.4. The van der Waals surface area contributed by atoms with E-state index in [9.17, 15) is 4.79 Å². The van der Waals surface area contributed by atoms with Crippen LogP contribution in [0.1, 0.15) is 16.7 Å². The summed E-state index contributed by atoms with van der Waals surface area (Å²) in [7, 11) is 0. The van der Waals surface area contributed by atoms with E-state index in [0.717, 1.165) is 32.1 Å². The van der Waals surface area contributed by atoms with Gasteiger partial charge in [-0.3, -0.25) is 4.79 Å². The molecule has 4 rings (SSSR count). The van der Waals surface area contributed by atoms with E-state index in [1.54, 1.807) is 0 Å². The zero-order valence-corrected chi connectivity index (χ0v) is 15.0. The summed E-state index contributed by atoms with van der Waals surface area (Å²) in [6, 6.07) is 18.4. The molecule has 0 fully saturated rings. The van der Waals surface area contributed by atoms with Crippen molar-refractivity contribution in [3.8, 4) is 0 Å². The van der Waals surface area contributed by atoms with Crippen molar-refractivity contribution in [2.45, 2.75) is 20.3 Å². The van der Waals surface area contributed by atoms with E-state index < -0.39 is 0 Å². The lowest BCUT2D eigenvalue weighted by Crippen LogP contribution is -2.14.